The van der Waals surface area contributed by atoms with Crippen molar-refractivity contribution in [2.24, 2.45) is 5.84 Å². The first-order chi connectivity index (χ1) is 8.74. The molecule has 0 aliphatic rings. The Labute approximate surface area is 115 Å². The number of imidazole rings is 1. The van der Waals surface area contributed by atoms with Crippen molar-refractivity contribution in [3.05, 3.63) is 18.2 Å². The van der Waals surface area contributed by atoms with Crippen LogP contribution in [0.2, 0.25) is 0 Å². The van der Waals surface area contributed by atoms with Gasteiger partial charge in [-0.1, -0.05) is 6.92 Å². The zero-order valence-corrected chi connectivity index (χ0v) is 12.9. The summed E-state index contributed by atoms with van der Waals surface area (Å²) >= 11 is 0. The van der Waals surface area contributed by atoms with Crippen LogP contribution in [0.5, 0.6) is 0 Å². The van der Waals surface area contributed by atoms with Crippen molar-refractivity contribution in [3.8, 4) is 0 Å². The minimum absolute atomic E-state index is 0.388. The molecule has 0 fully saturated rings. The average Bonchev–Trinajstić information content (AvgIpc) is 2.72. The van der Waals surface area contributed by atoms with Crippen LogP contribution in [-0.2, 0) is 22.8 Å². The van der Waals surface area contributed by atoms with Crippen LogP contribution in [0.15, 0.2) is 12.4 Å². The van der Waals surface area contributed by atoms with Gasteiger partial charge in [-0.2, -0.15) is 0 Å². The first kappa shape index (κ1) is 16.1. The summed E-state index contributed by atoms with van der Waals surface area (Å²) in [5, 5.41) is 0. The molecular weight excluding hydrogens is 264 g/mol. The normalized spacial score (nSPS) is 14.6. The van der Waals surface area contributed by atoms with E-state index in [9.17, 15) is 8.42 Å². The summed E-state index contributed by atoms with van der Waals surface area (Å²) in [6, 6.07) is -0.388. The standard InChI is InChI=1S/C12H24N4O2S/c1-5-7-16-8-6-14-11(16)9-10(15-13)12(2,3)19(4,17)18/h6,8,10,15H,5,7,9,13H2,1-4H3. The molecule has 1 aromatic rings. The van der Waals surface area contributed by atoms with E-state index in [1.54, 1.807) is 20.0 Å². The van der Waals surface area contributed by atoms with Gasteiger partial charge >= 0.3 is 0 Å². The number of nitrogens with one attached hydrogen (secondary N) is 1. The first-order valence-corrected chi connectivity index (χ1v) is 8.29. The molecule has 0 bridgehead atoms. The van der Waals surface area contributed by atoms with Crippen molar-refractivity contribution in [1.29, 1.82) is 0 Å². The summed E-state index contributed by atoms with van der Waals surface area (Å²) in [4.78, 5) is 4.29. The predicted octanol–water partition coefficient (Wildman–Crippen LogP) is 0.491. The SMILES string of the molecule is CCCn1ccnc1CC(NN)C(C)(C)S(C)(=O)=O. The van der Waals surface area contributed by atoms with Gasteiger partial charge in [0.15, 0.2) is 9.84 Å². The number of hydrazine groups is 1. The van der Waals surface area contributed by atoms with Crippen molar-refractivity contribution in [1.82, 2.24) is 15.0 Å². The maximum atomic E-state index is 11.9. The largest absolute Gasteiger partial charge is 0.335 e. The van der Waals surface area contributed by atoms with Gasteiger partial charge in [0.1, 0.15) is 5.82 Å². The Morgan fingerprint density at radius 2 is 2.16 bits per heavy atom. The molecule has 1 aromatic heterocycles. The molecule has 0 aliphatic carbocycles. The van der Waals surface area contributed by atoms with Crippen LogP contribution in [0.1, 0.15) is 33.0 Å². The Bertz CT molecular complexity index is 508. The summed E-state index contributed by atoms with van der Waals surface area (Å²) in [5.41, 5.74) is 2.62. The van der Waals surface area contributed by atoms with Crippen LogP contribution >= 0.6 is 0 Å². The highest BCUT2D eigenvalue weighted by molar-refractivity contribution is 7.92. The molecular formula is C12H24N4O2S. The zero-order valence-electron chi connectivity index (χ0n) is 12.0. The number of hydrogen-bond acceptors (Lipinski definition) is 5. The molecule has 0 saturated heterocycles. The van der Waals surface area contributed by atoms with Crippen LogP contribution < -0.4 is 11.3 Å². The Morgan fingerprint density at radius 3 is 2.63 bits per heavy atom. The molecule has 7 heteroatoms. The highest BCUT2D eigenvalue weighted by Gasteiger charge is 2.39. The first-order valence-electron chi connectivity index (χ1n) is 6.39. The van der Waals surface area contributed by atoms with Crippen LogP contribution in [0, 0.1) is 0 Å². The van der Waals surface area contributed by atoms with Crippen LogP contribution in [0.4, 0.5) is 0 Å². The highest BCUT2D eigenvalue weighted by atomic mass is 32.2. The Hall–Kier alpha value is -0.920. The van der Waals surface area contributed by atoms with Gasteiger partial charge in [-0.3, -0.25) is 11.3 Å². The second-order valence-electron chi connectivity index (χ2n) is 5.34. The lowest BCUT2D eigenvalue weighted by molar-refractivity contribution is 0.401. The molecule has 0 radical (unpaired) electrons. The third-order valence-electron chi connectivity index (χ3n) is 3.65. The molecule has 1 atom stereocenters. The number of hydrogen-bond donors (Lipinski definition) is 2. The second-order valence-corrected chi connectivity index (χ2v) is 7.93. The summed E-state index contributed by atoms with van der Waals surface area (Å²) in [6.45, 7) is 6.31. The average molecular weight is 288 g/mol. The second kappa shape index (κ2) is 6.02. The minimum Gasteiger partial charge on any atom is -0.335 e. The van der Waals surface area contributed by atoms with Gasteiger partial charge < -0.3 is 4.57 Å². The van der Waals surface area contributed by atoms with Crippen molar-refractivity contribution < 1.29 is 8.42 Å². The van der Waals surface area contributed by atoms with Gasteiger partial charge in [-0.25, -0.2) is 13.4 Å². The quantitative estimate of drug-likeness (QED) is 0.563. The van der Waals surface area contributed by atoms with Gasteiger partial charge in [0, 0.05) is 37.7 Å². The lowest BCUT2D eigenvalue weighted by atomic mass is 10.00. The minimum atomic E-state index is -3.22. The summed E-state index contributed by atoms with van der Waals surface area (Å²) in [6.07, 6.45) is 6.34. The Kier molecular flexibility index (Phi) is 5.11. The van der Waals surface area contributed by atoms with E-state index in [0.717, 1.165) is 18.8 Å². The van der Waals surface area contributed by atoms with Gasteiger partial charge in [0.2, 0.25) is 0 Å². The molecule has 6 nitrogen and oxygen atoms in total. The fourth-order valence-corrected chi connectivity index (χ4v) is 2.59. The Balaban J connectivity index is 2.97. The molecule has 0 amide bonds. The molecule has 1 heterocycles. The lowest BCUT2D eigenvalue weighted by Gasteiger charge is -2.32. The molecule has 1 unspecified atom stereocenters. The van der Waals surface area contributed by atoms with Crippen molar-refractivity contribution in [2.45, 2.75) is 50.9 Å². The maximum Gasteiger partial charge on any atom is 0.154 e. The summed E-state index contributed by atoms with van der Waals surface area (Å²) in [7, 11) is -3.22. The lowest BCUT2D eigenvalue weighted by Crippen LogP contribution is -2.55. The molecule has 3 N–H and O–H groups in total. The van der Waals surface area contributed by atoms with Gasteiger partial charge in [0.25, 0.3) is 0 Å². The van der Waals surface area contributed by atoms with E-state index in [-0.39, 0.29) is 6.04 Å². The van der Waals surface area contributed by atoms with Crippen molar-refractivity contribution in [3.63, 3.8) is 0 Å². The predicted molar refractivity (Wildman–Crippen MR) is 76.3 cm³/mol. The molecule has 110 valence electrons. The Morgan fingerprint density at radius 1 is 1.53 bits per heavy atom. The molecule has 0 saturated carbocycles. The van der Waals surface area contributed by atoms with E-state index in [1.807, 2.05) is 10.8 Å². The van der Waals surface area contributed by atoms with Gasteiger partial charge in [-0.05, 0) is 20.3 Å². The fourth-order valence-electron chi connectivity index (χ4n) is 1.92. The number of nitrogens with two attached hydrogens (primary N) is 1. The van der Waals surface area contributed by atoms with Crippen molar-refractivity contribution in [2.75, 3.05) is 6.26 Å². The molecule has 0 spiro atoms. The van der Waals surface area contributed by atoms with Crippen molar-refractivity contribution >= 4 is 9.84 Å². The number of sulfone groups is 1. The molecule has 1 rings (SSSR count). The third kappa shape index (κ3) is 3.55. The van der Waals surface area contributed by atoms with E-state index in [0.29, 0.717) is 6.42 Å². The number of nitrogens with zero attached hydrogens (tertiary/aromatic N) is 2. The molecule has 0 aromatic carbocycles. The van der Waals surface area contributed by atoms with E-state index in [4.69, 9.17) is 5.84 Å². The number of aryl methyl sites for hydroxylation is 1. The van der Waals surface area contributed by atoms with Gasteiger partial charge in [-0.15, -0.1) is 0 Å². The smallest absolute Gasteiger partial charge is 0.154 e. The fraction of sp³-hybridized carbons (Fsp3) is 0.750. The summed E-state index contributed by atoms with van der Waals surface area (Å²) < 4.78 is 24.8. The number of aromatic nitrogens is 2. The topological polar surface area (TPSA) is 90.0 Å². The third-order valence-corrected chi connectivity index (χ3v) is 5.84. The number of rotatable bonds is 7. The molecule has 0 aliphatic heterocycles. The van der Waals surface area contributed by atoms with E-state index < -0.39 is 14.6 Å². The van der Waals surface area contributed by atoms with E-state index in [1.165, 1.54) is 6.26 Å². The molecule has 19 heavy (non-hydrogen) atoms. The van der Waals surface area contributed by atoms with E-state index >= 15 is 0 Å². The monoisotopic (exact) mass is 288 g/mol. The zero-order chi connectivity index (χ0) is 14.7. The van der Waals surface area contributed by atoms with Crippen LogP contribution in [-0.4, -0.2) is 35.0 Å². The maximum absolute atomic E-state index is 11.9. The van der Waals surface area contributed by atoms with Crippen LogP contribution in [0.25, 0.3) is 0 Å². The van der Waals surface area contributed by atoms with Gasteiger partial charge in [0.05, 0.1) is 4.75 Å². The highest BCUT2D eigenvalue weighted by Crippen LogP contribution is 2.22. The van der Waals surface area contributed by atoms with E-state index in [2.05, 4.69) is 17.3 Å². The van der Waals surface area contributed by atoms with Crippen LogP contribution in [0.3, 0.4) is 0 Å². The summed E-state index contributed by atoms with van der Waals surface area (Å²) in [5.74, 6) is 6.39.